The lowest BCUT2D eigenvalue weighted by Gasteiger charge is -2.16. The van der Waals surface area contributed by atoms with Gasteiger partial charge in [-0.1, -0.05) is 42.5 Å². The van der Waals surface area contributed by atoms with Gasteiger partial charge in [0.15, 0.2) is 0 Å². The zero-order valence-electron chi connectivity index (χ0n) is 13.0. The average Bonchev–Trinajstić information content (AvgIpc) is 2.62. The van der Waals surface area contributed by atoms with Gasteiger partial charge in [0.2, 0.25) is 0 Å². The fourth-order valence-corrected chi connectivity index (χ4v) is 2.13. The van der Waals surface area contributed by atoms with Crippen molar-refractivity contribution >= 4 is 6.03 Å². The Morgan fingerprint density at radius 3 is 2.43 bits per heavy atom. The van der Waals surface area contributed by atoms with E-state index in [4.69, 9.17) is 10.00 Å². The number of urea groups is 1. The Hall–Kier alpha value is -2.84. The van der Waals surface area contributed by atoms with Crippen LogP contribution >= 0.6 is 0 Å². The molecule has 0 unspecified atom stereocenters. The Balaban J connectivity index is 1.79. The van der Waals surface area contributed by atoms with Crippen LogP contribution in [-0.4, -0.2) is 19.7 Å². The summed E-state index contributed by atoms with van der Waals surface area (Å²) in [5.74, 6) is 0. The number of rotatable bonds is 6. The van der Waals surface area contributed by atoms with E-state index in [0.29, 0.717) is 18.7 Å². The molecule has 0 spiro atoms. The summed E-state index contributed by atoms with van der Waals surface area (Å²) in [5, 5.41) is 14.3. The number of benzene rings is 2. The first-order chi connectivity index (χ1) is 11.2. The molecular formula is C18H19N3O2. The van der Waals surface area contributed by atoms with Crippen molar-refractivity contribution in [2.75, 3.05) is 13.7 Å². The van der Waals surface area contributed by atoms with Crippen LogP contribution in [0.1, 0.15) is 22.8 Å². The third-order valence-corrected chi connectivity index (χ3v) is 3.44. The molecule has 0 bridgehead atoms. The fourth-order valence-electron chi connectivity index (χ4n) is 2.13. The lowest BCUT2D eigenvalue weighted by Crippen LogP contribution is -2.37. The van der Waals surface area contributed by atoms with Gasteiger partial charge in [-0.3, -0.25) is 0 Å². The first-order valence-corrected chi connectivity index (χ1v) is 7.31. The summed E-state index contributed by atoms with van der Waals surface area (Å²) in [6.07, 6.45) is -0.183. The van der Waals surface area contributed by atoms with Crippen LogP contribution in [0.25, 0.3) is 0 Å². The van der Waals surface area contributed by atoms with Crippen LogP contribution in [-0.2, 0) is 11.3 Å². The second-order valence-corrected chi connectivity index (χ2v) is 5.01. The molecule has 0 aliphatic rings. The topological polar surface area (TPSA) is 74.2 Å². The van der Waals surface area contributed by atoms with Gasteiger partial charge in [0.1, 0.15) is 0 Å². The molecule has 2 rings (SSSR count). The molecule has 5 nitrogen and oxygen atoms in total. The second kappa shape index (κ2) is 8.57. The van der Waals surface area contributed by atoms with E-state index >= 15 is 0 Å². The monoisotopic (exact) mass is 309 g/mol. The molecule has 23 heavy (non-hydrogen) atoms. The quantitative estimate of drug-likeness (QED) is 0.861. The average molecular weight is 309 g/mol. The summed E-state index contributed by atoms with van der Waals surface area (Å²) < 4.78 is 5.40. The number of hydrogen-bond donors (Lipinski definition) is 2. The van der Waals surface area contributed by atoms with Crippen LogP contribution in [0.2, 0.25) is 0 Å². The van der Waals surface area contributed by atoms with Crippen LogP contribution in [0, 0.1) is 11.3 Å². The highest BCUT2D eigenvalue weighted by atomic mass is 16.5. The minimum atomic E-state index is -0.257. The van der Waals surface area contributed by atoms with Gasteiger partial charge in [-0.25, -0.2) is 4.79 Å². The predicted molar refractivity (Wildman–Crippen MR) is 87.6 cm³/mol. The van der Waals surface area contributed by atoms with Crippen LogP contribution in [0.4, 0.5) is 4.79 Å². The molecular weight excluding hydrogens is 290 g/mol. The van der Waals surface area contributed by atoms with Crippen molar-refractivity contribution in [3.63, 3.8) is 0 Å². The minimum Gasteiger partial charge on any atom is -0.375 e. The summed E-state index contributed by atoms with van der Waals surface area (Å²) in [5.41, 5.74) is 2.55. The molecule has 2 N–H and O–H groups in total. The van der Waals surface area contributed by atoms with Crippen LogP contribution in [0.3, 0.4) is 0 Å². The Bertz CT molecular complexity index is 663. The van der Waals surface area contributed by atoms with Gasteiger partial charge in [0.25, 0.3) is 0 Å². The Morgan fingerprint density at radius 2 is 1.83 bits per heavy atom. The number of carbonyl (C=O) groups excluding carboxylic acids is 1. The molecule has 2 amide bonds. The molecule has 0 saturated heterocycles. The van der Waals surface area contributed by atoms with Gasteiger partial charge >= 0.3 is 6.03 Å². The predicted octanol–water partition coefficient (Wildman–Crippen LogP) is 2.75. The van der Waals surface area contributed by atoms with E-state index in [9.17, 15) is 4.79 Å². The second-order valence-electron chi connectivity index (χ2n) is 5.01. The molecule has 0 fully saturated rings. The maximum atomic E-state index is 11.9. The molecule has 0 heterocycles. The first-order valence-electron chi connectivity index (χ1n) is 7.31. The highest BCUT2D eigenvalue weighted by Gasteiger charge is 2.11. The van der Waals surface area contributed by atoms with Gasteiger partial charge in [0.05, 0.1) is 17.7 Å². The molecule has 5 heteroatoms. The van der Waals surface area contributed by atoms with Crippen molar-refractivity contribution < 1.29 is 9.53 Å². The normalized spacial score (nSPS) is 11.3. The molecule has 0 aliphatic heterocycles. The molecule has 0 aliphatic carbocycles. The molecule has 1 atom stereocenters. The van der Waals surface area contributed by atoms with Gasteiger partial charge in [-0.15, -0.1) is 0 Å². The summed E-state index contributed by atoms with van der Waals surface area (Å²) in [6.45, 7) is 0.792. The summed E-state index contributed by atoms with van der Waals surface area (Å²) >= 11 is 0. The molecule has 0 radical (unpaired) electrons. The Morgan fingerprint density at radius 1 is 1.13 bits per heavy atom. The van der Waals surface area contributed by atoms with Crippen LogP contribution in [0.15, 0.2) is 54.6 Å². The highest BCUT2D eigenvalue weighted by Crippen LogP contribution is 2.14. The number of carbonyl (C=O) groups is 1. The maximum Gasteiger partial charge on any atom is 0.315 e. The van der Waals surface area contributed by atoms with E-state index in [2.05, 4.69) is 16.7 Å². The summed E-state index contributed by atoms with van der Waals surface area (Å²) in [6, 6.07) is 18.6. The lowest BCUT2D eigenvalue weighted by molar-refractivity contribution is 0.104. The number of methoxy groups -OCH3 is 1. The van der Waals surface area contributed by atoms with Crippen molar-refractivity contribution in [3.8, 4) is 6.07 Å². The Labute approximate surface area is 135 Å². The first kappa shape index (κ1) is 16.5. The largest absolute Gasteiger partial charge is 0.375 e. The number of nitriles is 1. The number of nitrogens with one attached hydrogen (secondary N) is 2. The molecule has 118 valence electrons. The SMILES string of the molecule is CO[C@@H](CNC(=O)NCc1ccc(C#N)cc1)c1ccccc1. The number of hydrogen-bond acceptors (Lipinski definition) is 3. The third kappa shape index (κ3) is 5.13. The minimum absolute atomic E-state index is 0.183. The van der Waals surface area contributed by atoms with Crippen molar-refractivity contribution in [1.29, 1.82) is 5.26 Å². The zero-order chi connectivity index (χ0) is 16.5. The van der Waals surface area contributed by atoms with Gasteiger partial charge in [-0.05, 0) is 23.3 Å². The van der Waals surface area contributed by atoms with E-state index in [-0.39, 0.29) is 12.1 Å². The summed E-state index contributed by atoms with van der Waals surface area (Å²) in [7, 11) is 1.62. The van der Waals surface area contributed by atoms with E-state index in [0.717, 1.165) is 11.1 Å². The van der Waals surface area contributed by atoms with E-state index in [1.165, 1.54) is 0 Å². The number of ether oxygens (including phenoxy) is 1. The van der Waals surface area contributed by atoms with E-state index in [1.807, 2.05) is 42.5 Å². The summed E-state index contributed by atoms with van der Waals surface area (Å²) in [4.78, 5) is 11.9. The molecule has 2 aromatic rings. The number of amides is 2. The van der Waals surface area contributed by atoms with Gasteiger partial charge in [0, 0.05) is 20.2 Å². The fraction of sp³-hybridized carbons (Fsp3) is 0.222. The number of nitrogens with zero attached hydrogens (tertiary/aromatic N) is 1. The zero-order valence-corrected chi connectivity index (χ0v) is 13.0. The standard InChI is InChI=1S/C18H19N3O2/c1-23-17(16-5-3-2-4-6-16)13-21-18(22)20-12-15-9-7-14(11-19)8-10-15/h2-10,17H,12-13H2,1H3,(H2,20,21,22)/t17-/m0/s1. The molecule has 0 saturated carbocycles. The van der Waals surface area contributed by atoms with Crippen molar-refractivity contribution in [2.24, 2.45) is 0 Å². The van der Waals surface area contributed by atoms with Gasteiger partial charge in [-0.2, -0.15) is 5.26 Å². The Kier molecular flexibility index (Phi) is 6.16. The molecule has 0 aromatic heterocycles. The van der Waals surface area contributed by atoms with Crippen LogP contribution in [0.5, 0.6) is 0 Å². The van der Waals surface area contributed by atoms with Crippen molar-refractivity contribution in [3.05, 3.63) is 71.3 Å². The van der Waals surface area contributed by atoms with E-state index in [1.54, 1.807) is 19.2 Å². The molecule has 2 aromatic carbocycles. The third-order valence-electron chi connectivity index (χ3n) is 3.44. The van der Waals surface area contributed by atoms with Crippen LogP contribution < -0.4 is 10.6 Å². The van der Waals surface area contributed by atoms with Crippen molar-refractivity contribution in [1.82, 2.24) is 10.6 Å². The smallest absolute Gasteiger partial charge is 0.315 e. The maximum absolute atomic E-state index is 11.9. The highest BCUT2D eigenvalue weighted by molar-refractivity contribution is 5.73. The van der Waals surface area contributed by atoms with E-state index < -0.39 is 0 Å². The lowest BCUT2D eigenvalue weighted by atomic mass is 10.1. The van der Waals surface area contributed by atoms with Gasteiger partial charge < -0.3 is 15.4 Å². The van der Waals surface area contributed by atoms with Crippen molar-refractivity contribution in [2.45, 2.75) is 12.6 Å².